The number of hydrogen-bond acceptors (Lipinski definition) is 6. The number of likely N-dealkylation sites (tertiary alicyclic amines) is 2. The minimum absolute atomic E-state index is 0.0137. The van der Waals surface area contributed by atoms with E-state index < -0.39 is 30.5 Å². The van der Waals surface area contributed by atoms with E-state index in [0.29, 0.717) is 30.9 Å². The molecular weight excluding hydrogens is 450 g/mol. The van der Waals surface area contributed by atoms with E-state index in [1.54, 1.807) is 20.2 Å². The van der Waals surface area contributed by atoms with Gasteiger partial charge in [-0.15, -0.1) is 0 Å². The first-order valence-corrected chi connectivity index (χ1v) is 9.80. The third-order valence-corrected chi connectivity index (χ3v) is 5.51. The minimum atomic E-state index is -5.75. The van der Waals surface area contributed by atoms with E-state index in [1.807, 2.05) is 4.90 Å². The summed E-state index contributed by atoms with van der Waals surface area (Å²) >= 11 is 0. The minimum Gasteiger partial charge on any atom is -0.461 e. The Kier molecular flexibility index (Phi) is 6.63. The average Bonchev–Trinajstić information content (AvgIpc) is 3.31. The summed E-state index contributed by atoms with van der Waals surface area (Å²) < 4.78 is 86.0. The van der Waals surface area contributed by atoms with Crippen molar-refractivity contribution in [2.75, 3.05) is 32.8 Å². The highest BCUT2D eigenvalue weighted by atomic mass is 19.4. The number of esters is 1. The van der Waals surface area contributed by atoms with E-state index in [4.69, 9.17) is 4.74 Å². The lowest BCUT2D eigenvalue weighted by atomic mass is 10.0. The molecule has 32 heavy (non-hydrogen) atoms. The van der Waals surface area contributed by atoms with Crippen molar-refractivity contribution in [3.05, 3.63) is 17.5 Å². The third kappa shape index (κ3) is 5.10. The molecule has 0 N–H and O–H groups in total. The van der Waals surface area contributed by atoms with E-state index >= 15 is 0 Å². The second kappa shape index (κ2) is 8.79. The molecule has 1 aromatic heterocycles. The van der Waals surface area contributed by atoms with Crippen molar-refractivity contribution in [1.82, 2.24) is 19.6 Å². The number of nitrogens with zero attached hydrogens (tertiary/aromatic N) is 4. The number of rotatable bonds is 5. The molecule has 3 rings (SSSR count). The number of hydrogen-bond donors (Lipinski definition) is 0. The van der Waals surface area contributed by atoms with E-state index in [1.165, 1.54) is 4.68 Å². The van der Waals surface area contributed by atoms with E-state index in [0.717, 1.165) is 4.90 Å². The first-order valence-electron chi connectivity index (χ1n) is 9.80. The molecule has 2 saturated heterocycles. The van der Waals surface area contributed by atoms with Gasteiger partial charge in [0.15, 0.2) is 5.69 Å². The second-order valence-corrected chi connectivity index (χ2v) is 7.83. The first-order chi connectivity index (χ1) is 14.8. The Labute approximate surface area is 179 Å². The van der Waals surface area contributed by atoms with Crippen molar-refractivity contribution in [3.8, 4) is 0 Å². The number of amides is 1. The number of aryl methyl sites for hydroxylation is 1. The molecule has 0 radical (unpaired) electrons. The maximum absolute atomic E-state index is 12.6. The molecule has 14 heteroatoms. The SMILES string of the molecule is CCOC(=O)c1c(CN2CC3CN(C(=O)OC(C(F)(F)F)C(F)(F)F)CC3C2)cnn1C. The average molecular weight is 472 g/mol. The zero-order chi connectivity index (χ0) is 23.8. The van der Waals surface area contributed by atoms with Crippen LogP contribution < -0.4 is 0 Å². The van der Waals surface area contributed by atoms with Crippen LogP contribution in [0.2, 0.25) is 0 Å². The standard InChI is InChI=1S/C18H22F6N4O4/c1-3-31-14(29)13-10(4-25-26(13)2)5-27-6-11-8-28(9-12(11)7-27)16(30)32-15(17(19,20)21)18(22,23)24/h4,11-12,15H,3,5-9H2,1-2H3. The summed E-state index contributed by atoms with van der Waals surface area (Å²) in [4.78, 5) is 27.0. The summed E-state index contributed by atoms with van der Waals surface area (Å²) in [6.07, 6.45) is -15.8. The van der Waals surface area contributed by atoms with Crippen molar-refractivity contribution in [2.24, 2.45) is 18.9 Å². The number of fused-ring (bicyclic) bond motifs is 1. The van der Waals surface area contributed by atoms with Gasteiger partial charge in [-0.1, -0.05) is 0 Å². The van der Waals surface area contributed by atoms with Gasteiger partial charge in [0.05, 0.1) is 12.8 Å². The Morgan fingerprint density at radius 1 is 1.09 bits per heavy atom. The Bertz CT molecular complexity index is 828. The molecule has 0 aromatic carbocycles. The fourth-order valence-corrected chi connectivity index (χ4v) is 4.17. The van der Waals surface area contributed by atoms with Crippen LogP contribution >= 0.6 is 0 Å². The molecule has 0 spiro atoms. The van der Waals surface area contributed by atoms with Gasteiger partial charge in [-0.05, 0) is 18.8 Å². The molecule has 0 aliphatic carbocycles. The van der Waals surface area contributed by atoms with Gasteiger partial charge < -0.3 is 14.4 Å². The van der Waals surface area contributed by atoms with Crippen LogP contribution in [0.1, 0.15) is 23.0 Å². The van der Waals surface area contributed by atoms with Gasteiger partial charge in [0.2, 0.25) is 0 Å². The molecular formula is C18H22F6N4O4. The monoisotopic (exact) mass is 472 g/mol. The maximum atomic E-state index is 12.6. The van der Waals surface area contributed by atoms with Crippen molar-refractivity contribution < 1.29 is 45.4 Å². The van der Waals surface area contributed by atoms with E-state index in [-0.39, 0.29) is 31.5 Å². The van der Waals surface area contributed by atoms with Gasteiger partial charge in [-0.2, -0.15) is 31.4 Å². The predicted octanol–water partition coefficient (Wildman–Crippen LogP) is 2.59. The van der Waals surface area contributed by atoms with Crippen molar-refractivity contribution in [3.63, 3.8) is 0 Å². The predicted molar refractivity (Wildman–Crippen MR) is 95.4 cm³/mol. The summed E-state index contributed by atoms with van der Waals surface area (Å²) in [5, 5.41) is 4.07. The lowest BCUT2D eigenvalue weighted by Gasteiger charge is -2.26. The van der Waals surface area contributed by atoms with Crippen LogP contribution in [0, 0.1) is 11.8 Å². The zero-order valence-electron chi connectivity index (χ0n) is 17.2. The molecule has 3 heterocycles. The highest BCUT2D eigenvalue weighted by molar-refractivity contribution is 5.89. The smallest absolute Gasteiger partial charge is 0.434 e. The first kappa shape index (κ1) is 24.1. The molecule has 0 saturated carbocycles. The van der Waals surface area contributed by atoms with Gasteiger partial charge in [0.25, 0.3) is 6.10 Å². The topological polar surface area (TPSA) is 76.9 Å². The van der Waals surface area contributed by atoms with E-state index in [9.17, 15) is 35.9 Å². The van der Waals surface area contributed by atoms with Gasteiger partial charge in [0, 0.05) is 45.3 Å². The molecule has 2 aliphatic heterocycles. The number of aromatic nitrogens is 2. The van der Waals surface area contributed by atoms with Crippen LogP contribution in [-0.2, 0) is 23.1 Å². The lowest BCUT2D eigenvalue weighted by molar-refractivity contribution is -0.308. The van der Waals surface area contributed by atoms with Crippen LogP contribution in [0.15, 0.2) is 6.20 Å². The van der Waals surface area contributed by atoms with Crippen LogP contribution in [0.25, 0.3) is 0 Å². The van der Waals surface area contributed by atoms with Crippen LogP contribution in [0.3, 0.4) is 0 Å². The molecule has 2 atom stereocenters. The number of carbonyl (C=O) groups is 2. The highest BCUT2D eigenvalue weighted by Gasteiger charge is 2.60. The normalized spacial score (nSPS) is 21.8. The number of halogens is 6. The Hall–Kier alpha value is -2.51. The molecule has 2 aliphatic rings. The summed E-state index contributed by atoms with van der Waals surface area (Å²) in [6, 6.07) is 0. The number of carbonyl (C=O) groups excluding carboxylic acids is 2. The van der Waals surface area contributed by atoms with Crippen LogP contribution in [0.5, 0.6) is 0 Å². The quantitative estimate of drug-likeness (QED) is 0.485. The zero-order valence-corrected chi connectivity index (χ0v) is 17.2. The van der Waals surface area contributed by atoms with Gasteiger partial charge in [-0.25, -0.2) is 9.59 Å². The fraction of sp³-hybridized carbons (Fsp3) is 0.722. The van der Waals surface area contributed by atoms with Crippen molar-refractivity contribution >= 4 is 12.1 Å². The fourth-order valence-electron chi connectivity index (χ4n) is 4.17. The van der Waals surface area contributed by atoms with Gasteiger partial charge >= 0.3 is 24.4 Å². The molecule has 1 aromatic rings. The van der Waals surface area contributed by atoms with Crippen molar-refractivity contribution in [2.45, 2.75) is 31.9 Å². The molecule has 2 fully saturated rings. The molecule has 180 valence electrons. The third-order valence-electron chi connectivity index (χ3n) is 5.51. The molecule has 8 nitrogen and oxygen atoms in total. The Morgan fingerprint density at radius 2 is 1.66 bits per heavy atom. The Morgan fingerprint density at radius 3 is 2.16 bits per heavy atom. The van der Waals surface area contributed by atoms with Crippen LogP contribution in [-0.4, -0.2) is 82.9 Å². The van der Waals surface area contributed by atoms with Gasteiger partial charge in [-0.3, -0.25) is 9.58 Å². The number of ether oxygens (including phenoxy) is 2. The summed E-state index contributed by atoms with van der Waals surface area (Å²) in [5.41, 5.74) is 0.944. The second-order valence-electron chi connectivity index (χ2n) is 7.83. The van der Waals surface area contributed by atoms with E-state index in [2.05, 4.69) is 9.84 Å². The summed E-state index contributed by atoms with van der Waals surface area (Å²) in [7, 11) is 1.60. The Balaban J connectivity index is 1.58. The molecule has 2 unspecified atom stereocenters. The molecule has 1 amide bonds. The number of alkyl halides is 6. The largest absolute Gasteiger partial charge is 0.461 e. The summed E-state index contributed by atoms with van der Waals surface area (Å²) in [5.74, 6) is -0.791. The molecule has 0 bridgehead atoms. The highest BCUT2D eigenvalue weighted by Crippen LogP contribution is 2.37. The van der Waals surface area contributed by atoms with Gasteiger partial charge in [0.1, 0.15) is 0 Å². The lowest BCUT2D eigenvalue weighted by Crippen LogP contribution is -2.48. The van der Waals surface area contributed by atoms with Crippen LogP contribution in [0.4, 0.5) is 31.1 Å². The summed E-state index contributed by atoms with van der Waals surface area (Å²) in [6.45, 7) is 3.12. The maximum Gasteiger partial charge on any atom is 0.434 e. The van der Waals surface area contributed by atoms with Crippen molar-refractivity contribution in [1.29, 1.82) is 0 Å².